The molecule has 0 aliphatic heterocycles. The van der Waals surface area contributed by atoms with Gasteiger partial charge in [-0.2, -0.15) is 0 Å². The minimum absolute atomic E-state index is 0.339. The van der Waals surface area contributed by atoms with Gasteiger partial charge >= 0.3 is 18.2 Å². The summed E-state index contributed by atoms with van der Waals surface area (Å²) in [6.07, 6.45) is -1.63. The van der Waals surface area contributed by atoms with E-state index >= 15 is 0 Å². The molecule has 3 N–H and O–H groups in total. The predicted molar refractivity (Wildman–Crippen MR) is 88.8 cm³/mol. The maximum absolute atomic E-state index is 12.0. The second-order valence-corrected chi connectivity index (χ2v) is 7.91. The Morgan fingerprint density at radius 2 is 1.33 bits per heavy atom. The number of carboxylic acids is 1. The van der Waals surface area contributed by atoms with Crippen LogP contribution in [0, 0.1) is 5.92 Å². The van der Waals surface area contributed by atoms with Gasteiger partial charge in [0.2, 0.25) is 0 Å². The molecule has 0 aromatic carbocycles. The van der Waals surface area contributed by atoms with Crippen molar-refractivity contribution < 1.29 is 29.0 Å². The molecule has 0 aromatic heterocycles. The number of alkyl carbamates (subject to hydrolysis) is 2. The third-order valence-corrected chi connectivity index (χ3v) is 3.00. The normalized spacial score (nSPS) is 14.5. The summed E-state index contributed by atoms with van der Waals surface area (Å²) in [5, 5.41) is 14.4. The Balaban J connectivity index is 5.20. The molecule has 1 atom stereocenters. The molecule has 0 aliphatic carbocycles. The van der Waals surface area contributed by atoms with Gasteiger partial charge in [-0.05, 0) is 47.5 Å². The molecule has 140 valence electrons. The Hall–Kier alpha value is -1.99. The highest BCUT2D eigenvalue weighted by molar-refractivity contribution is 5.85. The molecule has 0 spiro atoms. The zero-order valence-electron chi connectivity index (χ0n) is 15.8. The van der Waals surface area contributed by atoms with Gasteiger partial charge in [-0.15, -0.1) is 0 Å². The van der Waals surface area contributed by atoms with Crippen LogP contribution in [0.3, 0.4) is 0 Å². The highest BCUT2D eigenvalue weighted by atomic mass is 16.6. The molecule has 8 heteroatoms. The van der Waals surface area contributed by atoms with E-state index in [1.807, 2.05) is 0 Å². The van der Waals surface area contributed by atoms with E-state index in [1.54, 1.807) is 55.4 Å². The van der Waals surface area contributed by atoms with E-state index in [0.717, 1.165) is 0 Å². The maximum atomic E-state index is 12.0. The van der Waals surface area contributed by atoms with E-state index in [0.29, 0.717) is 0 Å². The predicted octanol–water partition coefficient (Wildman–Crippen LogP) is 2.52. The molecule has 8 nitrogen and oxygen atoms in total. The monoisotopic (exact) mass is 346 g/mol. The van der Waals surface area contributed by atoms with E-state index in [1.165, 1.54) is 0 Å². The first-order valence-corrected chi connectivity index (χ1v) is 7.80. The molecule has 2 amide bonds. The summed E-state index contributed by atoms with van der Waals surface area (Å²) in [7, 11) is 0. The Morgan fingerprint density at radius 3 is 1.67 bits per heavy atom. The highest BCUT2D eigenvalue weighted by Crippen LogP contribution is 2.19. The highest BCUT2D eigenvalue weighted by Gasteiger charge is 2.45. The number of aliphatic carboxylic acids is 1. The topological polar surface area (TPSA) is 114 Å². The van der Waals surface area contributed by atoms with Crippen molar-refractivity contribution in [2.45, 2.75) is 72.1 Å². The van der Waals surface area contributed by atoms with Gasteiger partial charge in [0.1, 0.15) is 11.2 Å². The smallest absolute Gasteiger partial charge is 0.408 e. The van der Waals surface area contributed by atoms with Crippen LogP contribution in [0.2, 0.25) is 0 Å². The van der Waals surface area contributed by atoms with Crippen LogP contribution in [0.1, 0.15) is 55.4 Å². The van der Waals surface area contributed by atoms with Crippen molar-refractivity contribution in [3.8, 4) is 0 Å². The third-order valence-electron chi connectivity index (χ3n) is 3.00. The van der Waals surface area contributed by atoms with Gasteiger partial charge in [-0.25, -0.2) is 14.4 Å². The SMILES string of the molecule is CC(C)[C@](CNC(=O)OC(C)(C)C)(NC(=O)OC(C)(C)C)C(=O)O. The molecule has 0 heterocycles. The van der Waals surface area contributed by atoms with Crippen LogP contribution in [0.15, 0.2) is 0 Å². The maximum Gasteiger partial charge on any atom is 0.408 e. The van der Waals surface area contributed by atoms with Crippen LogP contribution >= 0.6 is 0 Å². The van der Waals surface area contributed by atoms with E-state index < -0.39 is 40.8 Å². The van der Waals surface area contributed by atoms with Gasteiger partial charge in [0.05, 0.1) is 6.54 Å². The Kier molecular flexibility index (Phi) is 7.08. The molecule has 0 radical (unpaired) electrons. The van der Waals surface area contributed by atoms with Gasteiger partial charge in [0.25, 0.3) is 0 Å². The molecule has 24 heavy (non-hydrogen) atoms. The van der Waals surface area contributed by atoms with Gasteiger partial charge < -0.3 is 25.2 Å². The van der Waals surface area contributed by atoms with Crippen LogP contribution in [0.25, 0.3) is 0 Å². The summed E-state index contributed by atoms with van der Waals surface area (Å²) < 4.78 is 10.2. The number of amides is 2. The fourth-order valence-electron chi connectivity index (χ4n) is 1.78. The van der Waals surface area contributed by atoms with Crippen molar-refractivity contribution in [3.05, 3.63) is 0 Å². The number of carboxylic acid groups (broad SMARTS) is 1. The molecule has 0 rings (SSSR count). The van der Waals surface area contributed by atoms with Crippen LogP contribution in [-0.2, 0) is 14.3 Å². The minimum atomic E-state index is -1.72. The number of nitrogens with one attached hydrogen (secondary N) is 2. The minimum Gasteiger partial charge on any atom is -0.479 e. The largest absolute Gasteiger partial charge is 0.479 e. The summed E-state index contributed by atoms with van der Waals surface area (Å²) in [5.74, 6) is -1.79. The fraction of sp³-hybridized carbons (Fsp3) is 0.812. The molecule has 0 bridgehead atoms. The zero-order chi connectivity index (χ0) is 19.3. The average Bonchev–Trinajstić information content (AvgIpc) is 2.28. The van der Waals surface area contributed by atoms with Crippen LogP contribution in [0.5, 0.6) is 0 Å². The first-order valence-electron chi connectivity index (χ1n) is 7.80. The molecule has 0 aliphatic rings. The van der Waals surface area contributed by atoms with Crippen LogP contribution in [-0.4, -0.2) is 46.5 Å². The van der Waals surface area contributed by atoms with Crippen molar-refractivity contribution in [2.24, 2.45) is 5.92 Å². The molecule has 0 aromatic rings. The number of carbonyl (C=O) groups is 3. The quantitative estimate of drug-likeness (QED) is 0.705. The second-order valence-electron chi connectivity index (χ2n) is 7.91. The summed E-state index contributed by atoms with van der Waals surface area (Å²) in [4.78, 5) is 35.6. The Labute approximate surface area is 143 Å². The van der Waals surface area contributed by atoms with E-state index in [9.17, 15) is 19.5 Å². The third kappa shape index (κ3) is 7.52. The van der Waals surface area contributed by atoms with E-state index in [-0.39, 0.29) is 6.54 Å². The lowest BCUT2D eigenvalue weighted by atomic mass is 9.86. The number of ether oxygens (including phenoxy) is 2. The first-order chi connectivity index (χ1) is 10.6. The van der Waals surface area contributed by atoms with Gasteiger partial charge in [-0.1, -0.05) is 13.8 Å². The molecule has 0 saturated carbocycles. The average molecular weight is 346 g/mol. The molecule has 0 saturated heterocycles. The van der Waals surface area contributed by atoms with Gasteiger partial charge in [-0.3, -0.25) is 0 Å². The first kappa shape index (κ1) is 22.0. The van der Waals surface area contributed by atoms with Crippen molar-refractivity contribution in [2.75, 3.05) is 6.54 Å². The summed E-state index contributed by atoms with van der Waals surface area (Å²) >= 11 is 0. The van der Waals surface area contributed by atoms with E-state index in [4.69, 9.17) is 9.47 Å². The van der Waals surface area contributed by atoms with Gasteiger partial charge in [0.15, 0.2) is 5.54 Å². The second kappa shape index (κ2) is 7.72. The molecular formula is C16H30N2O6. The van der Waals surface area contributed by atoms with Crippen molar-refractivity contribution in [1.29, 1.82) is 0 Å². The summed E-state index contributed by atoms with van der Waals surface area (Å²) in [6.45, 7) is 13.0. The fourth-order valence-corrected chi connectivity index (χ4v) is 1.78. The molecular weight excluding hydrogens is 316 g/mol. The summed E-state index contributed by atoms with van der Waals surface area (Å²) in [5.41, 5.74) is -3.21. The number of carbonyl (C=O) groups excluding carboxylic acids is 2. The molecule has 0 unspecified atom stereocenters. The van der Waals surface area contributed by atoms with Crippen LogP contribution < -0.4 is 10.6 Å². The number of rotatable bonds is 5. The Morgan fingerprint density at radius 1 is 0.917 bits per heavy atom. The zero-order valence-corrected chi connectivity index (χ0v) is 15.8. The van der Waals surface area contributed by atoms with Crippen LogP contribution in [0.4, 0.5) is 9.59 Å². The molecule has 0 fully saturated rings. The number of hydrogen-bond acceptors (Lipinski definition) is 5. The van der Waals surface area contributed by atoms with Crippen molar-refractivity contribution in [1.82, 2.24) is 10.6 Å². The lowest BCUT2D eigenvalue weighted by molar-refractivity contribution is -0.146. The van der Waals surface area contributed by atoms with Gasteiger partial charge in [0, 0.05) is 0 Å². The standard InChI is InChI=1S/C16H30N2O6/c1-10(2)16(11(19)20,18-13(22)24-15(6,7)8)9-17-12(21)23-14(3,4)5/h10H,9H2,1-8H3,(H,17,21)(H,18,22)(H,19,20)/t16-/m0/s1. The number of hydrogen-bond donors (Lipinski definition) is 3. The Bertz CT molecular complexity index is 476. The van der Waals surface area contributed by atoms with Crippen molar-refractivity contribution >= 4 is 18.2 Å². The van der Waals surface area contributed by atoms with Crippen molar-refractivity contribution in [3.63, 3.8) is 0 Å². The lowest BCUT2D eigenvalue weighted by Gasteiger charge is -2.35. The summed E-state index contributed by atoms with van der Waals surface area (Å²) in [6, 6.07) is 0. The lowest BCUT2D eigenvalue weighted by Crippen LogP contribution is -2.64. The van der Waals surface area contributed by atoms with E-state index in [2.05, 4.69) is 10.6 Å².